The molecule has 2 N–H and O–H groups in total. The molecule has 0 spiro atoms. The molecule has 0 saturated carbocycles. The zero-order chi connectivity index (χ0) is 20.1. The van der Waals surface area contributed by atoms with Crippen LogP contribution in [0.3, 0.4) is 0 Å². The molecule has 0 aliphatic heterocycles. The largest absolute Gasteiger partial charge is 0.439 e. The average Bonchev–Trinajstić information content (AvgIpc) is 2.68. The van der Waals surface area contributed by atoms with Crippen LogP contribution >= 0.6 is 15.9 Å². The second-order valence-corrected chi connectivity index (χ2v) is 6.75. The Morgan fingerprint density at radius 1 is 1.14 bits per heavy atom. The Morgan fingerprint density at radius 3 is 2.54 bits per heavy atom. The first-order valence-electron chi connectivity index (χ1n) is 8.23. The van der Waals surface area contributed by atoms with Crippen LogP contribution in [0, 0.1) is 11.6 Å². The highest BCUT2D eigenvalue weighted by atomic mass is 79.9. The predicted molar refractivity (Wildman–Crippen MR) is 102 cm³/mol. The Hall–Kier alpha value is -2.84. The van der Waals surface area contributed by atoms with Crippen molar-refractivity contribution in [1.29, 1.82) is 0 Å². The number of rotatable bonds is 6. The van der Waals surface area contributed by atoms with Crippen LogP contribution in [0.25, 0.3) is 0 Å². The Kier molecular flexibility index (Phi) is 6.33. The van der Waals surface area contributed by atoms with Crippen molar-refractivity contribution in [3.63, 3.8) is 0 Å². The second-order valence-electron chi connectivity index (χ2n) is 5.83. The van der Waals surface area contributed by atoms with Crippen LogP contribution in [0.1, 0.15) is 22.0 Å². The molecule has 1 amide bonds. The van der Waals surface area contributed by atoms with Crippen molar-refractivity contribution in [3.05, 3.63) is 88.0 Å². The SMILES string of the molecule is O=C(NCC(O)c1ccc(F)cc1F)c1ccc(Oc2ccc(Br)cc2)nc1. The van der Waals surface area contributed by atoms with Gasteiger partial charge in [0.25, 0.3) is 5.91 Å². The van der Waals surface area contributed by atoms with E-state index in [4.69, 9.17) is 4.74 Å². The molecular formula is C20H15BrF2N2O3. The topological polar surface area (TPSA) is 71.5 Å². The predicted octanol–water partition coefficient (Wildman–Crippen LogP) is 4.38. The molecule has 3 rings (SSSR count). The van der Waals surface area contributed by atoms with Gasteiger partial charge in [-0.25, -0.2) is 13.8 Å². The molecule has 3 aromatic rings. The molecule has 2 aromatic carbocycles. The van der Waals surface area contributed by atoms with Gasteiger partial charge in [-0.1, -0.05) is 22.0 Å². The molecular weight excluding hydrogens is 434 g/mol. The fraction of sp³-hybridized carbons (Fsp3) is 0.100. The molecule has 5 nitrogen and oxygen atoms in total. The van der Waals surface area contributed by atoms with Gasteiger partial charge in [0.1, 0.15) is 17.4 Å². The smallest absolute Gasteiger partial charge is 0.252 e. The van der Waals surface area contributed by atoms with Crippen molar-refractivity contribution < 1.29 is 23.4 Å². The second kappa shape index (κ2) is 8.90. The molecule has 1 unspecified atom stereocenters. The number of aliphatic hydroxyl groups is 1. The van der Waals surface area contributed by atoms with Crippen molar-refractivity contribution in [2.75, 3.05) is 6.54 Å². The molecule has 8 heteroatoms. The summed E-state index contributed by atoms with van der Waals surface area (Å²) in [6, 6.07) is 13.1. The summed E-state index contributed by atoms with van der Waals surface area (Å²) in [6.45, 7) is -0.238. The van der Waals surface area contributed by atoms with Crippen LogP contribution in [0.15, 0.2) is 65.3 Å². The van der Waals surface area contributed by atoms with Gasteiger partial charge < -0.3 is 15.2 Å². The molecule has 0 bridgehead atoms. The normalized spacial score (nSPS) is 11.7. The number of nitrogens with zero attached hydrogens (tertiary/aromatic N) is 1. The fourth-order valence-electron chi connectivity index (χ4n) is 2.37. The Morgan fingerprint density at radius 2 is 1.89 bits per heavy atom. The molecule has 1 atom stereocenters. The van der Waals surface area contributed by atoms with Crippen molar-refractivity contribution in [3.8, 4) is 11.6 Å². The molecule has 0 aliphatic rings. The maximum atomic E-state index is 13.7. The highest BCUT2D eigenvalue weighted by Gasteiger charge is 2.15. The third-order valence-corrected chi connectivity index (χ3v) is 4.34. The summed E-state index contributed by atoms with van der Waals surface area (Å²) in [5.41, 5.74) is 0.146. The lowest BCUT2D eigenvalue weighted by atomic mass is 10.1. The third kappa shape index (κ3) is 5.11. The lowest BCUT2D eigenvalue weighted by Gasteiger charge is -2.13. The molecule has 0 saturated heterocycles. The van der Waals surface area contributed by atoms with Gasteiger partial charge in [-0.15, -0.1) is 0 Å². The standard InChI is InChI=1S/C20H15BrF2N2O3/c21-13-2-5-15(6-3-13)28-19-8-1-12(10-24-19)20(27)25-11-18(26)16-7-4-14(22)9-17(16)23/h1-10,18,26H,11H2,(H,25,27). The lowest BCUT2D eigenvalue weighted by molar-refractivity contribution is 0.0913. The summed E-state index contributed by atoms with van der Waals surface area (Å²) in [4.78, 5) is 16.2. The molecule has 1 aromatic heterocycles. The number of aromatic nitrogens is 1. The number of amides is 1. The van der Waals surface area contributed by atoms with Gasteiger partial charge in [0.05, 0.1) is 11.7 Å². The minimum Gasteiger partial charge on any atom is -0.439 e. The van der Waals surface area contributed by atoms with E-state index in [0.717, 1.165) is 16.6 Å². The van der Waals surface area contributed by atoms with E-state index in [1.165, 1.54) is 18.3 Å². The van der Waals surface area contributed by atoms with Gasteiger partial charge in [0.2, 0.25) is 5.88 Å². The average molecular weight is 449 g/mol. The van der Waals surface area contributed by atoms with Crippen LogP contribution in [0.2, 0.25) is 0 Å². The summed E-state index contributed by atoms with van der Waals surface area (Å²) in [7, 11) is 0. The monoisotopic (exact) mass is 448 g/mol. The van der Waals surface area contributed by atoms with Crippen molar-refractivity contribution in [1.82, 2.24) is 10.3 Å². The van der Waals surface area contributed by atoms with Gasteiger partial charge in [-0.05, 0) is 36.4 Å². The minimum absolute atomic E-state index is 0.0990. The van der Waals surface area contributed by atoms with E-state index in [-0.39, 0.29) is 17.7 Å². The zero-order valence-electron chi connectivity index (χ0n) is 14.4. The number of carbonyl (C=O) groups excluding carboxylic acids is 1. The maximum Gasteiger partial charge on any atom is 0.252 e. The van der Waals surface area contributed by atoms with Gasteiger partial charge in [0.15, 0.2) is 0 Å². The first kappa shape index (κ1) is 19.9. The zero-order valence-corrected chi connectivity index (χ0v) is 16.0. The van der Waals surface area contributed by atoms with Gasteiger partial charge in [-0.2, -0.15) is 0 Å². The van der Waals surface area contributed by atoms with E-state index in [9.17, 15) is 18.7 Å². The van der Waals surface area contributed by atoms with E-state index in [2.05, 4.69) is 26.2 Å². The Bertz CT molecular complexity index is 966. The van der Waals surface area contributed by atoms with Gasteiger partial charge >= 0.3 is 0 Å². The van der Waals surface area contributed by atoms with Crippen LogP contribution < -0.4 is 10.1 Å². The number of carbonyl (C=O) groups is 1. The first-order valence-corrected chi connectivity index (χ1v) is 9.02. The van der Waals surface area contributed by atoms with Crippen LogP contribution in [-0.4, -0.2) is 22.5 Å². The molecule has 0 radical (unpaired) electrons. The number of pyridine rings is 1. The highest BCUT2D eigenvalue weighted by Crippen LogP contribution is 2.22. The number of ether oxygens (including phenoxy) is 1. The summed E-state index contributed by atoms with van der Waals surface area (Å²) in [5.74, 6) is -1.21. The van der Waals surface area contributed by atoms with Crippen LogP contribution in [-0.2, 0) is 0 Å². The molecule has 0 aliphatic carbocycles. The number of nitrogens with one attached hydrogen (secondary N) is 1. The summed E-state index contributed by atoms with van der Waals surface area (Å²) < 4.78 is 33.1. The van der Waals surface area contributed by atoms with Gasteiger partial charge in [0, 0.05) is 34.9 Å². The number of hydrogen-bond donors (Lipinski definition) is 2. The lowest BCUT2D eigenvalue weighted by Crippen LogP contribution is -2.28. The number of benzene rings is 2. The van der Waals surface area contributed by atoms with Crippen molar-refractivity contribution in [2.45, 2.75) is 6.10 Å². The minimum atomic E-state index is -1.31. The van der Waals surface area contributed by atoms with E-state index in [0.29, 0.717) is 17.7 Å². The summed E-state index contributed by atoms with van der Waals surface area (Å²) in [6.07, 6.45) is 0.0199. The fourth-order valence-corrected chi connectivity index (χ4v) is 2.64. The molecule has 28 heavy (non-hydrogen) atoms. The van der Waals surface area contributed by atoms with E-state index >= 15 is 0 Å². The van der Waals surface area contributed by atoms with Crippen LogP contribution in [0.4, 0.5) is 8.78 Å². The van der Waals surface area contributed by atoms with E-state index < -0.39 is 23.6 Å². The molecule has 144 valence electrons. The Balaban J connectivity index is 1.57. The first-order chi connectivity index (χ1) is 13.4. The highest BCUT2D eigenvalue weighted by molar-refractivity contribution is 9.10. The number of aliphatic hydroxyl groups excluding tert-OH is 1. The summed E-state index contributed by atoms with van der Waals surface area (Å²) >= 11 is 3.33. The number of halogens is 3. The number of hydrogen-bond acceptors (Lipinski definition) is 4. The van der Waals surface area contributed by atoms with Crippen LogP contribution in [0.5, 0.6) is 11.6 Å². The van der Waals surface area contributed by atoms with Crippen molar-refractivity contribution >= 4 is 21.8 Å². The van der Waals surface area contributed by atoms with Gasteiger partial charge in [-0.3, -0.25) is 4.79 Å². The molecule has 1 heterocycles. The third-order valence-electron chi connectivity index (χ3n) is 3.81. The summed E-state index contributed by atoms with van der Waals surface area (Å²) in [5, 5.41) is 12.5. The molecule has 0 fully saturated rings. The van der Waals surface area contributed by atoms with E-state index in [1.54, 1.807) is 12.1 Å². The van der Waals surface area contributed by atoms with Crippen molar-refractivity contribution in [2.24, 2.45) is 0 Å². The quantitative estimate of drug-likeness (QED) is 0.586. The van der Waals surface area contributed by atoms with E-state index in [1.807, 2.05) is 12.1 Å². The maximum absolute atomic E-state index is 13.7. The Labute approximate surface area is 168 Å².